The van der Waals surface area contributed by atoms with E-state index in [4.69, 9.17) is 4.74 Å². The number of carbonyl (C=O) groups excluding carboxylic acids is 1. The molecule has 2 aliphatic rings. The van der Waals surface area contributed by atoms with E-state index in [-0.39, 0.29) is 11.6 Å². The maximum absolute atomic E-state index is 13.7. The van der Waals surface area contributed by atoms with Gasteiger partial charge in [-0.3, -0.25) is 0 Å². The summed E-state index contributed by atoms with van der Waals surface area (Å²) in [6.07, 6.45) is 2.13. The second-order valence-corrected chi connectivity index (χ2v) is 6.50. The van der Waals surface area contributed by atoms with Crippen molar-refractivity contribution in [2.45, 2.75) is 50.9 Å². The van der Waals surface area contributed by atoms with Crippen LogP contribution in [0.1, 0.15) is 44.3 Å². The maximum atomic E-state index is 13.7. The number of nitrogens with one attached hydrogen (secondary N) is 1. The molecule has 2 N–H and O–H groups in total. The Balaban J connectivity index is 1.53. The highest BCUT2D eigenvalue weighted by Gasteiger charge is 2.40. The summed E-state index contributed by atoms with van der Waals surface area (Å²) in [5.74, 6) is 0.792. The molecule has 0 spiro atoms. The Morgan fingerprint density at radius 1 is 1.36 bits per heavy atom. The Morgan fingerprint density at radius 2 is 2.14 bits per heavy atom. The molecular weight excluding hydrogens is 285 g/mol. The Morgan fingerprint density at radius 3 is 2.77 bits per heavy atom. The van der Waals surface area contributed by atoms with E-state index >= 15 is 0 Å². The second-order valence-electron chi connectivity index (χ2n) is 6.50. The molecule has 2 aliphatic carbocycles. The molecule has 1 amide bonds. The van der Waals surface area contributed by atoms with E-state index in [9.17, 15) is 14.3 Å². The van der Waals surface area contributed by atoms with Crippen LogP contribution in [-0.2, 0) is 4.74 Å². The fourth-order valence-electron chi connectivity index (χ4n) is 3.81. The van der Waals surface area contributed by atoms with Gasteiger partial charge in [0.1, 0.15) is 18.0 Å². The van der Waals surface area contributed by atoms with Gasteiger partial charge in [0.15, 0.2) is 0 Å². The van der Waals surface area contributed by atoms with Crippen molar-refractivity contribution in [1.82, 2.24) is 5.32 Å². The summed E-state index contributed by atoms with van der Waals surface area (Å²) in [4.78, 5) is 12.0. The first-order valence-corrected chi connectivity index (χ1v) is 7.94. The highest BCUT2D eigenvalue weighted by Crippen LogP contribution is 2.44. The van der Waals surface area contributed by atoms with Crippen molar-refractivity contribution in [2.75, 3.05) is 0 Å². The minimum atomic E-state index is -1.17. The number of amides is 1. The zero-order valence-corrected chi connectivity index (χ0v) is 12.7. The first-order chi connectivity index (χ1) is 10.5. The van der Waals surface area contributed by atoms with E-state index in [1.54, 1.807) is 19.1 Å². The summed E-state index contributed by atoms with van der Waals surface area (Å²) in [6.45, 7) is 1.57. The molecule has 5 atom stereocenters. The van der Waals surface area contributed by atoms with Gasteiger partial charge in [-0.2, -0.15) is 0 Å². The number of halogens is 1. The van der Waals surface area contributed by atoms with Crippen LogP contribution in [0.15, 0.2) is 24.3 Å². The highest BCUT2D eigenvalue weighted by atomic mass is 19.1. The van der Waals surface area contributed by atoms with E-state index in [1.165, 1.54) is 31.4 Å². The molecular formula is C17H22FNO3. The monoisotopic (exact) mass is 307 g/mol. The normalized spacial score (nSPS) is 29.1. The van der Waals surface area contributed by atoms with E-state index < -0.39 is 24.1 Å². The third-order valence-corrected chi connectivity index (χ3v) is 5.00. The van der Waals surface area contributed by atoms with Crippen LogP contribution in [0.4, 0.5) is 9.18 Å². The molecule has 0 heterocycles. The molecule has 1 aromatic rings. The van der Waals surface area contributed by atoms with Crippen LogP contribution in [-0.4, -0.2) is 23.3 Å². The number of fused-ring (bicyclic) bond motifs is 2. The molecule has 2 fully saturated rings. The number of alkyl carbamates (subject to hydrolysis) is 1. The highest BCUT2D eigenvalue weighted by molar-refractivity contribution is 5.68. The van der Waals surface area contributed by atoms with Crippen molar-refractivity contribution in [3.8, 4) is 0 Å². The first kappa shape index (κ1) is 15.3. The van der Waals surface area contributed by atoms with Crippen molar-refractivity contribution in [3.05, 3.63) is 35.6 Å². The standard InChI is InChI=1S/C17H22FNO3/c1-10(16(20)13-4-2-3-5-14(13)18)22-17(21)19-15-9-11-6-7-12(15)8-11/h2-5,10-12,15-16,20H,6-9H2,1H3,(H,19,21)/t10-,11?,12?,15?,16+/m0/s1. The van der Waals surface area contributed by atoms with Crippen LogP contribution < -0.4 is 5.32 Å². The van der Waals surface area contributed by atoms with Crippen LogP contribution in [0.25, 0.3) is 0 Å². The van der Waals surface area contributed by atoms with Gasteiger partial charge in [0.25, 0.3) is 0 Å². The molecule has 1 aromatic carbocycles. The predicted molar refractivity (Wildman–Crippen MR) is 79.7 cm³/mol. The quantitative estimate of drug-likeness (QED) is 0.898. The van der Waals surface area contributed by atoms with Gasteiger partial charge in [0, 0.05) is 11.6 Å². The molecule has 2 saturated carbocycles. The number of aliphatic hydroxyl groups is 1. The number of hydrogen-bond acceptors (Lipinski definition) is 3. The van der Waals surface area contributed by atoms with Crippen molar-refractivity contribution < 1.29 is 19.0 Å². The molecule has 3 rings (SSSR count). The average molecular weight is 307 g/mol. The van der Waals surface area contributed by atoms with E-state index in [1.807, 2.05) is 0 Å². The average Bonchev–Trinajstić information content (AvgIpc) is 3.09. The fraction of sp³-hybridized carbons (Fsp3) is 0.588. The number of ether oxygens (including phenoxy) is 1. The summed E-state index contributed by atoms with van der Waals surface area (Å²) in [6, 6.07) is 6.15. The van der Waals surface area contributed by atoms with Gasteiger partial charge in [0.05, 0.1) is 0 Å². The topological polar surface area (TPSA) is 58.6 Å². The maximum Gasteiger partial charge on any atom is 0.407 e. The SMILES string of the molecule is C[C@H](OC(=O)NC1CC2CCC1C2)[C@@H](O)c1ccccc1F. The van der Waals surface area contributed by atoms with E-state index in [0.29, 0.717) is 5.92 Å². The molecule has 22 heavy (non-hydrogen) atoms. The summed E-state index contributed by atoms with van der Waals surface area (Å²) in [5.41, 5.74) is 0.141. The third kappa shape index (κ3) is 3.09. The lowest BCUT2D eigenvalue weighted by Gasteiger charge is -2.25. The molecule has 4 nitrogen and oxygen atoms in total. The van der Waals surface area contributed by atoms with Crippen LogP contribution in [0.3, 0.4) is 0 Å². The number of aliphatic hydroxyl groups excluding tert-OH is 1. The molecule has 0 saturated heterocycles. The molecule has 2 bridgehead atoms. The zero-order valence-electron chi connectivity index (χ0n) is 12.7. The minimum Gasteiger partial charge on any atom is -0.443 e. The van der Waals surface area contributed by atoms with Gasteiger partial charge in [-0.15, -0.1) is 0 Å². The lowest BCUT2D eigenvalue weighted by Crippen LogP contribution is -2.40. The summed E-state index contributed by atoms with van der Waals surface area (Å²) in [5, 5.41) is 13.0. The lowest BCUT2D eigenvalue weighted by atomic mass is 9.96. The Kier molecular flexibility index (Phi) is 4.34. The zero-order chi connectivity index (χ0) is 15.7. The first-order valence-electron chi connectivity index (χ1n) is 7.94. The number of benzene rings is 1. The Labute approximate surface area is 129 Å². The molecule has 5 heteroatoms. The van der Waals surface area contributed by atoms with Crippen LogP contribution in [0, 0.1) is 17.7 Å². The van der Waals surface area contributed by atoms with Gasteiger partial charge in [-0.25, -0.2) is 9.18 Å². The summed E-state index contributed by atoms with van der Waals surface area (Å²) in [7, 11) is 0. The lowest BCUT2D eigenvalue weighted by molar-refractivity contribution is 0.00831. The van der Waals surface area contributed by atoms with Crippen LogP contribution >= 0.6 is 0 Å². The van der Waals surface area contributed by atoms with Crippen molar-refractivity contribution in [3.63, 3.8) is 0 Å². The second kappa shape index (κ2) is 6.24. The minimum absolute atomic E-state index is 0.141. The molecule has 120 valence electrons. The van der Waals surface area contributed by atoms with E-state index in [0.717, 1.165) is 12.3 Å². The number of rotatable bonds is 4. The summed E-state index contributed by atoms with van der Waals surface area (Å²) < 4.78 is 18.9. The number of carbonyl (C=O) groups is 1. The molecule has 0 aromatic heterocycles. The molecule has 3 unspecified atom stereocenters. The molecule has 0 aliphatic heterocycles. The van der Waals surface area contributed by atoms with Gasteiger partial charge in [-0.05, 0) is 44.1 Å². The summed E-state index contributed by atoms with van der Waals surface area (Å²) >= 11 is 0. The fourth-order valence-corrected chi connectivity index (χ4v) is 3.81. The van der Waals surface area contributed by atoms with Crippen LogP contribution in [0.2, 0.25) is 0 Å². The van der Waals surface area contributed by atoms with Gasteiger partial charge in [0.2, 0.25) is 0 Å². The Bertz CT molecular complexity index is 550. The van der Waals surface area contributed by atoms with Gasteiger partial charge in [-0.1, -0.05) is 24.6 Å². The largest absolute Gasteiger partial charge is 0.443 e. The van der Waals surface area contributed by atoms with Crippen molar-refractivity contribution in [2.24, 2.45) is 11.8 Å². The van der Waals surface area contributed by atoms with Crippen LogP contribution in [0.5, 0.6) is 0 Å². The van der Waals surface area contributed by atoms with Crippen molar-refractivity contribution in [1.29, 1.82) is 0 Å². The Hall–Kier alpha value is -1.62. The van der Waals surface area contributed by atoms with Gasteiger partial charge < -0.3 is 15.2 Å². The van der Waals surface area contributed by atoms with Gasteiger partial charge >= 0.3 is 6.09 Å². The third-order valence-electron chi connectivity index (χ3n) is 5.00. The van der Waals surface area contributed by atoms with Crippen molar-refractivity contribution >= 4 is 6.09 Å². The van der Waals surface area contributed by atoms with E-state index in [2.05, 4.69) is 5.32 Å². The molecule has 0 radical (unpaired) electrons. The predicted octanol–water partition coefficient (Wildman–Crippen LogP) is 3.16. The number of hydrogen-bond donors (Lipinski definition) is 2. The smallest absolute Gasteiger partial charge is 0.407 e.